The highest BCUT2D eigenvalue weighted by atomic mass is 16.5. The van der Waals surface area contributed by atoms with E-state index in [0.29, 0.717) is 6.61 Å². The predicted molar refractivity (Wildman–Crippen MR) is 71.3 cm³/mol. The smallest absolute Gasteiger partial charge is 0.129 e. The lowest BCUT2D eigenvalue weighted by Gasteiger charge is -2.17. The molecule has 0 unspecified atom stereocenters. The van der Waals surface area contributed by atoms with Gasteiger partial charge in [0.2, 0.25) is 0 Å². The van der Waals surface area contributed by atoms with Crippen LogP contribution in [0.25, 0.3) is 10.9 Å². The number of nitrogen functional groups attached to an aromatic ring is 1. The molecule has 4 heteroatoms. The van der Waals surface area contributed by atoms with Gasteiger partial charge < -0.3 is 15.4 Å². The van der Waals surface area contributed by atoms with Gasteiger partial charge in [0.1, 0.15) is 5.82 Å². The Balaban J connectivity index is 2.28. The van der Waals surface area contributed by atoms with Crippen LogP contribution in [0.15, 0.2) is 30.3 Å². The van der Waals surface area contributed by atoms with Crippen LogP contribution in [-0.4, -0.2) is 32.3 Å². The molecule has 0 saturated heterocycles. The third-order valence-corrected chi connectivity index (χ3v) is 2.72. The van der Waals surface area contributed by atoms with Crippen molar-refractivity contribution < 1.29 is 4.74 Å². The first-order chi connectivity index (χ1) is 8.20. The minimum atomic E-state index is 0.692. The Bertz CT molecular complexity index is 513. The number of likely N-dealkylation sites (N-methyl/N-ethyl adjacent to an activating group) is 1. The van der Waals surface area contributed by atoms with Crippen LogP contribution >= 0.6 is 0 Å². The van der Waals surface area contributed by atoms with Gasteiger partial charge in [-0.15, -0.1) is 0 Å². The average molecular weight is 231 g/mol. The first kappa shape index (κ1) is 11.7. The summed E-state index contributed by atoms with van der Waals surface area (Å²) in [5.74, 6) is 0.944. The van der Waals surface area contributed by atoms with E-state index in [-0.39, 0.29) is 0 Å². The fourth-order valence-corrected chi connectivity index (χ4v) is 1.69. The predicted octanol–water partition coefficient (Wildman–Crippen LogP) is 1.90. The molecular weight excluding hydrogens is 214 g/mol. The number of benzene rings is 1. The highest BCUT2D eigenvalue weighted by molar-refractivity contribution is 5.83. The summed E-state index contributed by atoms with van der Waals surface area (Å²) in [4.78, 5) is 6.65. The number of hydrogen-bond donors (Lipinski definition) is 1. The average Bonchev–Trinajstić information content (AvgIpc) is 2.35. The number of aromatic nitrogens is 1. The molecule has 0 aliphatic carbocycles. The van der Waals surface area contributed by atoms with Crippen molar-refractivity contribution in [2.24, 2.45) is 0 Å². The van der Waals surface area contributed by atoms with Gasteiger partial charge in [0.25, 0.3) is 0 Å². The number of pyridine rings is 1. The number of hydrogen-bond acceptors (Lipinski definition) is 4. The van der Waals surface area contributed by atoms with Gasteiger partial charge in [-0.1, -0.05) is 0 Å². The molecule has 17 heavy (non-hydrogen) atoms. The van der Waals surface area contributed by atoms with Gasteiger partial charge in [0.05, 0.1) is 12.1 Å². The molecule has 0 atom stereocenters. The van der Waals surface area contributed by atoms with Crippen molar-refractivity contribution in [1.82, 2.24) is 4.98 Å². The molecule has 2 N–H and O–H groups in total. The maximum atomic E-state index is 5.73. The van der Waals surface area contributed by atoms with Crippen LogP contribution in [0.2, 0.25) is 0 Å². The zero-order valence-electron chi connectivity index (χ0n) is 10.2. The summed E-state index contributed by atoms with van der Waals surface area (Å²) in [6, 6.07) is 9.78. The summed E-state index contributed by atoms with van der Waals surface area (Å²) in [5.41, 5.74) is 7.46. The van der Waals surface area contributed by atoms with Gasteiger partial charge >= 0.3 is 0 Å². The standard InChI is InChI=1S/C13H17N3O/c1-16(7-8-17-2)13-6-3-10-9-11(14)4-5-12(10)15-13/h3-6,9H,7-8,14H2,1-2H3. The minimum absolute atomic E-state index is 0.692. The van der Waals surface area contributed by atoms with E-state index < -0.39 is 0 Å². The summed E-state index contributed by atoms with van der Waals surface area (Å²) in [5, 5.41) is 1.06. The number of nitrogens with zero attached hydrogens (tertiary/aromatic N) is 2. The molecule has 0 fully saturated rings. The lowest BCUT2D eigenvalue weighted by molar-refractivity contribution is 0.206. The molecule has 0 spiro atoms. The zero-order valence-corrected chi connectivity index (χ0v) is 10.2. The molecule has 0 aliphatic heterocycles. The second-order valence-corrected chi connectivity index (χ2v) is 4.04. The topological polar surface area (TPSA) is 51.4 Å². The van der Waals surface area contributed by atoms with Crippen LogP contribution in [0.4, 0.5) is 11.5 Å². The molecule has 90 valence electrons. The summed E-state index contributed by atoms with van der Waals surface area (Å²) in [6.45, 7) is 1.52. The van der Waals surface area contributed by atoms with Crippen LogP contribution in [0.3, 0.4) is 0 Å². The van der Waals surface area contributed by atoms with Gasteiger partial charge in [0.15, 0.2) is 0 Å². The molecule has 0 amide bonds. The first-order valence-corrected chi connectivity index (χ1v) is 5.57. The number of nitrogens with two attached hydrogens (primary N) is 1. The van der Waals surface area contributed by atoms with E-state index in [1.54, 1.807) is 7.11 Å². The first-order valence-electron chi connectivity index (χ1n) is 5.57. The Labute approximate surface area is 101 Å². The van der Waals surface area contributed by atoms with E-state index in [1.165, 1.54) is 0 Å². The van der Waals surface area contributed by atoms with Crippen LogP contribution in [0.1, 0.15) is 0 Å². The van der Waals surface area contributed by atoms with Crippen molar-refractivity contribution in [3.8, 4) is 0 Å². The highest BCUT2D eigenvalue weighted by Gasteiger charge is 2.03. The van der Waals surface area contributed by atoms with Crippen molar-refractivity contribution in [2.75, 3.05) is 37.9 Å². The lowest BCUT2D eigenvalue weighted by atomic mass is 10.2. The largest absolute Gasteiger partial charge is 0.399 e. The maximum absolute atomic E-state index is 5.73. The second kappa shape index (κ2) is 5.01. The maximum Gasteiger partial charge on any atom is 0.129 e. The number of methoxy groups -OCH3 is 1. The Morgan fingerprint density at radius 3 is 2.88 bits per heavy atom. The van der Waals surface area contributed by atoms with Crippen molar-refractivity contribution in [2.45, 2.75) is 0 Å². The van der Waals surface area contributed by atoms with Crippen molar-refractivity contribution in [3.63, 3.8) is 0 Å². The quantitative estimate of drug-likeness (QED) is 0.816. The van der Waals surface area contributed by atoms with Gasteiger partial charge in [-0.2, -0.15) is 0 Å². The molecule has 0 aliphatic rings. The van der Waals surface area contributed by atoms with Gasteiger partial charge in [-0.25, -0.2) is 4.98 Å². The van der Waals surface area contributed by atoms with Gasteiger partial charge in [0, 0.05) is 31.8 Å². The molecule has 0 bridgehead atoms. The van der Waals surface area contributed by atoms with E-state index in [2.05, 4.69) is 9.88 Å². The lowest BCUT2D eigenvalue weighted by Crippen LogP contribution is -2.22. The molecule has 1 aromatic carbocycles. The van der Waals surface area contributed by atoms with Crippen molar-refractivity contribution in [3.05, 3.63) is 30.3 Å². The number of ether oxygens (including phenoxy) is 1. The van der Waals surface area contributed by atoms with Gasteiger partial charge in [-0.05, 0) is 30.3 Å². The van der Waals surface area contributed by atoms with Crippen LogP contribution in [-0.2, 0) is 4.74 Å². The fraction of sp³-hybridized carbons (Fsp3) is 0.308. The normalized spacial score (nSPS) is 10.7. The number of rotatable bonds is 4. The Morgan fingerprint density at radius 2 is 2.12 bits per heavy atom. The molecule has 2 aromatic rings. The minimum Gasteiger partial charge on any atom is -0.399 e. The molecule has 4 nitrogen and oxygen atoms in total. The summed E-state index contributed by atoms with van der Waals surface area (Å²) >= 11 is 0. The van der Waals surface area contributed by atoms with E-state index >= 15 is 0 Å². The number of fused-ring (bicyclic) bond motifs is 1. The van der Waals surface area contributed by atoms with E-state index in [1.807, 2.05) is 37.4 Å². The molecule has 2 rings (SSSR count). The zero-order chi connectivity index (χ0) is 12.3. The second-order valence-electron chi connectivity index (χ2n) is 4.04. The molecule has 1 heterocycles. The van der Waals surface area contributed by atoms with E-state index in [9.17, 15) is 0 Å². The molecular formula is C13H17N3O. The Morgan fingerprint density at radius 1 is 1.29 bits per heavy atom. The number of anilines is 2. The SMILES string of the molecule is COCCN(C)c1ccc2cc(N)ccc2n1. The van der Waals surface area contributed by atoms with Crippen molar-refractivity contribution >= 4 is 22.4 Å². The van der Waals surface area contributed by atoms with Crippen LogP contribution < -0.4 is 10.6 Å². The molecule has 1 aromatic heterocycles. The van der Waals surface area contributed by atoms with E-state index in [4.69, 9.17) is 10.5 Å². The monoisotopic (exact) mass is 231 g/mol. The Hall–Kier alpha value is -1.81. The van der Waals surface area contributed by atoms with Crippen LogP contribution in [0, 0.1) is 0 Å². The summed E-state index contributed by atoms with van der Waals surface area (Å²) < 4.78 is 5.05. The Kier molecular flexibility index (Phi) is 3.44. The van der Waals surface area contributed by atoms with E-state index in [0.717, 1.165) is 29.0 Å². The third-order valence-electron chi connectivity index (χ3n) is 2.72. The molecule has 0 saturated carbocycles. The summed E-state index contributed by atoms with van der Waals surface area (Å²) in [6.07, 6.45) is 0. The van der Waals surface area contributed by atoms with Crippen LogP contribution in [0.5, 0.6) is 0 Å². The summed E-state index contributed by atoms with van der Waals surface area (Å²) in [7, 11) is 3.70. The highest BCUT2D eigenvalue weighted by Crippen LogP contribution is 2.19. The van der Waals surface area contributed by atoms with Crippen molar-refractivity contribution in [1.29, 1.82) is 0 Å². The third kappa shape index (κ3) is 2.65. The fourth-order valence-electron chi connectivity index (χ4n) is 1.69. The van der Waals surface area contributed by atoms with Gasteiger partial charge in [-0.3, -0.25) is 0 Å². The molecule has 0 radical (unpaired) electrons.